The molecular weight excluding hydrogens is 194 g/mol. The molecule has 0 amide bonds. The van der Waals surface area contributed by atoms with Crippen molar-refractivity contribution in [2.45, 2.75) is 26.7 Å². The molecule has 0 rings (SSSR count). The first-order valence-electron chi connectivity index (χ1n) is 3.88. The summed E-state index contributed by atoms with van der Waals surface area (Å²) in [5.41, 5.74) is 0. The third-order valence-corrected chi connectivity index (χ3v) is 3.34. The Labute approximate surface area is 85.7 Å². The van der Waals surface area contributed by atoms with Crippen molar-refractivity contribution < 1.29 is 3.89 Å². The van der Waals surface area contributed by atoms with Crippen LogP contribution in [-0.4, -0.2) is 21.3 Å². The highest BCUT2D eigenvalue weighted by atomic mass is 32.1. The lowest BCUT2D eigenvalue weighted by atomic mass is 10.3. The van der Waals surface area contributed by atoms with Crippen LogP contribution in [0.5, 0.6) is 0 Å². The third-order valence-electron chi connectivity index (χ3n) is 1.73. The molecule has 0 aliphatic carbocycles. The number of hydrogen-bond acceptors (Lipinski definition) is 2. The summed E-state index contributed by atoms with van der Waals surface area (Å²) in [4.78, 5) is 0. The van der Waals surface area contributed by atoms with Crippen molar-refractivity contribution in [1.29, 1.82) is 0 Å². The van der Waals surface area contributed by atoms with Gasteiger partial charge in [0.2, 0.25) is 4.32 Å². The van der Waals surface area contributed by atoms with Crippen molar-refractivity contribution in [2.75, 3.05) is 13.1 Å². The molecule has 1 atom stereocenters. The molecule has 0 saturated carbocycles. The number of nitrogens with zero attached hydrogens (tertiary/aromatic N) is 1. The fourth-order valence-electron chi connectivity index (χ4n) is 0.803. The first-order chi connectivity index (χ1) is 5.06. The van der Waals surface area contributed by atoms with Gasteiger partial charge in [0.25, 0.3) is 0 Å². The van der Waals surface area contributed by atoms with Crippen LogP contribution in [0.15, 0.2) is 0 Å². The molecule has 0 aliphatic heterocycles. The van der Waals surface area contributed by atoms with Gasteiger partial charge in [-0.2, -0.15) is 0 Å². The van der Waals surface area contributed by atoms with Crippen molar-refractivity contribution in [3.8, 4) is 0 Å². The van der Waals surface area contributed by atoms with Crippen LogP contribution in [0.3, 0.4) is 0 Å². The molecule has 0 radical (unpaired) electrons. The maximum Gasteiger partial charge on any atom is 0.212 e. The highest BCUT2D eigenvalue weighted by Gasteiger charge is 2.14. The van der Waals surface area contributed by atoms with Gasteiger partial charge in [-0.25, -0.2) is 0 Å². The Morgan fingerprint density at radius 2 is 2.09 bits per heavy atom. The predicted octanol–water partition coefficient (Wildman–Crippen LogP) is 2.30. The van der Waals surface area contributed by atoms with Crippen LogP contribution in [0.25, 0.3) is 0 Å². The smallest absolute Gasteiger partial charge is 0.212 e. The zero-order valence-corrected chi connectivity index (χ0v) is 9.57. The molecule has 0 bridgehead atoms. The Balaban J connectivity index is 3.99. The number of quaternary nitrogens is 1. The molecule has 0 fully saturated rings. The highest BCUT2D eigenvalue weighted by molar-refractivity contribution is 8.10. The summed E-state index contributed by atoms with van der Waals surface area (Å²) in [5.74, 6) is 0. The maximum atomic E-state index is 5.31. The summed E-state index contributed by atoms with van der Waals surface area (Å²) in [5, 5.41) is 0. The quantitative estimate of drug-likeness (QED) is 0.326. The van der Waals surface area contributed by atoms with Gasteiger partial charge in [0.1, 0.15) is 0 Å². The first-order valence-corrected chi connectivity index (χ1v) is 5.10. The summed E-state index contributed by atoms with van der Waals surface area (Å²) in [6.45, 7) is 5.99. The van der Waals surface area contributed by atoms with Crippen LogP contribution >= 0.6 is 24.8 Å². The van der Waals surface area contributed by atoms with Crippen molar-refractivity contribution >= 4 is 42.0 Å². The monoisotopic (exact) mass is 209 g/mol. The fraction of sp³-hybridized carbons (Fsp3) is 0.857. The molecule has 0 spiro atoms. The largest absolute Gasteiger partial charge is 0.486 e. The van der Waals surface area contributed by atoms with Crippen LogP contribution < -0.4 is 0 Å². The van der Waals surface area contributed by atoms with Crippen molar-refractivity contribution in [3.05, 3.63) is 0 Å². The van der Waals surface area contributed by atoms with E-state index in [0.717, 1.165) is 25.9 Å². The van der Waals surface area contributed by atoms with Gasteiger partial charge in [-0.15, -0.1) is 0 Å². The summed E-state index contributed by atoms with van der Waals surface area (Å²) in [7, 11) is 0. The Morgan fingerprint density at radius 3 is 2.36 bits per heavy atom. The average Bonchev–Trinajstić information content (AvgIpc) is 2.00. The Bertz CT molecular complexity index is 138. The van der Waals surface area contributed by atoms with Gasteiger partial charge in [-0.3, -0.25) is 0 Å². The van der Waals surface area contributed by atoms with E-state index in [1.54, 1.807) is 0 Å². The number of thiocarbonyl (C=S) groups is 1. The first kappa shape index (κ1) is 11.8. The second-order valence-corrected chi connectivity index (χ2v) is 4.38. The number of rotatable bonds is 4. The van der Waals surface area contributed by atoms with Crippen LogP contribution in [-0.2, 0) is 12.8 Å². The van der Waals surface area contributed by atoms with Gasteiger partial charge in [0.05, 0.1) is 13.1 Å². The molecule has 11 heavy (non-hydrogen) atoms. The molecule has 0 aromatic rings. The Kier molecular flexibility index (Phi) is 5.77. The molecule has 0 aliphatic rings. The van der Waals surface area contributed by atoms with Crippen LogP contribution in [0, 0.1) is 0 Å². The van der Waals surface area contributed by atoms with E-state index in [0.29, 0.717) is 8.21 Å². The van der Waals surface area contributed by atoms with E-state index in [4.69, 9.17) is 25.0 Å². The number of unbranched alkanes of at least 4 members (excludes halogenated alkanes) is 1. The van der Waals surface area contributed by atoms with Gasteiger partial charge < -0.3 is 16.7 Å². The molecule has 0 N–H and O–H groups in total. The zero-order valence-electron chi connectivity index (χ0n) is 7.04. The van der Waals surface area contributed by atoms with Crippen molar-refractivity contribution in [3.63, 3.8) is 0 Å². The zero-order chi connectivity index (χ0) is 8.91. The molecule has 0 heterocycles. The summed E-state index contributed by atoms with van der Waals surface area (Å²) < 4.78 is 1.03. The number of hydrogen-bond donors (Lipinski definition) is 1. The molecular formula is C7H15NS3. The minimum atomic E-state index is 0.409. The van der Waals surface area contributed by atoms with E-state index in [1.165, 1.54) is 0 Å². The lowest BCUT2D eigenvalue weighted by Gasteiger charge is -2.41. The molecule has 0 aromatic heterocycles. The minimum Gasteiger partial charge on any atom is -0.486 e. The van der Waals surface area contributed by atoms with Crippen LogP contribution in [0.1, 0.15) is 26.7 Å². The van der Waals surface area contributed by atoms with Gasteiger partial charge in [0.15, 0.2) is 0 Å². The standard InChI is InChI=1S/C7H15NS3/c1-3-5-6-8(11,4-2)7(9)10/h3-6H2,1-2H3,(H,9,10). The lowest BCUT2D eigenvalue weighted by molar-refractivity contribution is -0.688. The van der Waals surface area contributed by atoms with E-state index in [1.807, 2.05) is 6.92 Å². The average molecular weight is 209 g/mol. The number of thiol groups is 1. The predicted molar refractivity (Wildman–Crippen MR) is 59.5 cm³/mol. The molecule has 0 saturated heterocycles. The third kappa shape index (κ3) is 3.78. The van der Waals surface area contributed by atoms with E-state index >= 15 is 0 Å². The highest BCUT2D eigenvalue weighted by Crippen LogP contribution is 2.11. The van der Waals surface area contributed by atoms with Crippen LogP contribution in [0.2, 0.25) is 0 Å². The molecule has 4 heteroatoms. The van der Waals surface area contributed by atoms with E-state index in [-0.39, 0.29) is 0 Å². The van der Waals surface area contributed by atoms with Gasteiger partial charge in [0, 0.05) is 0 Å². The lowest BCUT2D eigenvalue weighted by Crippen LogP contribution is -2.44. The second-order valence-electron chi connectivity index (χ2n) is 2.57. The summed E-state index contributed by atoms with van der Waals surface area (Å²) >= 11 is 14.4. The Morgan fingerprint density at radius 1 is 1.55 bits per heavy atom. The van der Waals surface area contributed by atoms with Gasteiger partial charge in [-0.05, 0) is 25.6 Å². The topological polar surface area (TPSA) is 0 Å². The van der Waals surface area contributed by atoms with E-state index in [9.17, 15) is 0 Å². The summed E-state index contributed by atoms with van der Waals surface area (Å²) in [6, 6.07) is 0. The second kappa shape index (κ2) is 5.41. The van der Waals surface area contributed by atoms with E-state index in [2.05, 4.69) is 19.6 Å². The normalized spacial score (nSPS) is 16.0. The van der Waals surface area contributed by atoms with Crippen molar-refractivity contribution in [1.82, 2.24) is 0 Å². The molecule has 1 nitrogen and oxygen atoms in total. The van der Waals surface area contributed by atoms with E-state index < -0.39 is 0 Å². The molecule has 66 valence electrons. The fourth-order valence-corrected chi connectivity index (χ4v) is 1.39. The van der Waals surface area contributed by atoms with Gasteiger partial charge >= 0.3 is 0 Å². The Hall–Kier alpha value is 0.750. The summed E-state index contributed by atoms with van der Waals surface area (Å²) in [6.07, 6.45) is 2.28. The maximum absolute atomic E-state index is 5.31. The van der Waals surface area contributed by atoms with Crippen LogP contribution in [0.4, 0.5) is 0 Å². The minimum absolute atomic E-state index is 0.409. The SMILES string of the molecule is CCCC[N+]([S-])(CC)C(=S)S. The molecule has 1 unspecified atom stereocenters. The molecule has 0 aromatic carbocycles. The van der Waals surface area contributed by atoms with Gasteiger partial charge in [-0.1, -0.05) is 26.0 Å². The van der Waals surface area contributed by atoms with Crippen molar-refractivity contribution in [2.24, 2.45) is 0 Å².